The van der Waals surface area contributed by atoms with Crippen LogP contribution in [0.25, 0.3) is 0 Å². The van der Waals surface area contributed by atoms with E-state index in [9.17, 15) is 4.79 Å². The minimum Gasteiger partial charge on any atom is -0.410 e. The monoisotopic (exact) mass is 350 g/mol. The maximum absolute atomic E-state index is 12.1. The number of anilines is 1. The first kappa shape index (κ1) is 17.1. The lowest BCUT2D eigenvalue weighted by Crippen LogP contribution is -2.32. The molecular formula is C22H26N2O2. The fourth-order valence-corrected chi connectivity index (χ4v) is 4.18. The second-order valence-electron chi connectivity index (χ2n) is 7.29. The number of nitrogens with one attached hydrogen (secondary N) is 1. The molecule has 136 valence electrons. The molecule has 0 bridgehead atoms. The Morgan fingerprint density at radius 1 is 0.962 bits per heavy atom. The summed E-state index contributed by atoms with van der Waals surface area (Å²) in [5, 5.41) is 2.86. The molecular weight excluding hydrogens is 324 g/mol. The quantitative estimate of drug-likeness (QED) is 0.820. The van der Waals surface area contributed by atoms with E-state index in [4.69, 9.17) is 4.74 Å². The lowest BCUT2D eigenvalue weighted by Gasteiger charge is -2.25. The zero-order valence-corrected chi connectivity index (χ0v) is 15.1. The minimum absolute atomic E-state index is 0.445. The van der Waals surface area contributed by atoms with Crippen molar-refractivity contribution >= 4 is 11.8 Å². The molecule has 2 aromatic carbocycles. The Morgan fingerprint density at radius 3 is 2.46 bits per heavy atom. The summed E-state index contributed by atoms with van der Waals surface area (Å²) in [5.41, 5.74) is 3.60. The smallest absolute Gasteiger partial charge is 0.410 e. The predicted octanol–water partition coefficient (Wildman–Crippen LogP) is 4.64. The largest absolute Gasteiger partial charge is 0.417 e. The normalized spacial score (nSPS) is 20.2. The van der Waals surface area contributed by atoms with E-state index >= 15 is 0 Å². The van der Waals surface area contributed by atoms with E-state index in [1.54, 1.807) is 12.1 Å². The minimum atomic E-state index is -0.445. The zero-order valence-electron chi connectivity index (χ0n) is 15.1. The SMILES string of the molecule is O=C(Nc1ccc2c(c1)CCC(N1CCCC1)CC2)Oc1ccccc1. The van der Waals surface area contributed by atoms with E-state index in [1.807, 2.05) is 24.3 Å². The third kappa shape index (κ3) is 4.07. The highest BCUT2D eigenvalue weighted by molar-refractivity contribution is 5.86. The van der Waals surface area contributed by atoms with Gasteiger partial charge >= 0.3 is 6.09 Å². The number of carbonyl (C=O) groups is 1. The molecule has 0 radical (unpaired) electrons. The summed E-state index contributed by atoms with van der Waals surface area (Å²) in [6.07, 6.45) is 6.92. The van der Waals surface area contributed by atoms with Gasteiger partial charge in [-0.2, -0.15) is 0 Å². The number of nitrogens with zero attached hydrogens (tertiary/aromatic N) is 1. The number of hydrogen-bond acceptors (Lipinski definition) is 3. The molecule has 1 amide bonds. The number of para-hydroxylation sites is 1. The van der Waals surface area contributed by atoms with Crippen molar-refractivity contribution in [2.45, 2.75) is 44.6 Å². The van der Waals surface area contributed by atoms with Crippen LogP contribution < -0.4 is 10.1 Å². The number of likely N-dealkylation sites (tertiary alicyclic amines) is 1. The van der Waals surface area contributed by atoms with E-state index in [0.717, 1.165) is 18.5 Å². The van der Waals surface area contributed by atoms with Crippen molar-refractivity contribution in [2.24, 2.45) is 0 Å². The molecule has 0 aromatic heterocycles. The van der Waals surface area contributed by atoms with Crippen molar-refractivity contribution in [3.63, 3.8) is 0 Å². The lowest BCUT2D eigenvalue weighted by molar-refractivity contribution is 0.215. The molecule has 0 saturated carbocycles. The van der Waals surface area contributed by atoms with Crippen LogP contribution in [0.15, 0.2) is 48.5 Å². The Labute approximate surface area is 155 Å². The number of benzene rings is 2. The Morgan fingerprint density at radius 2 is 1.69 bits per heavy atom. The molecule has 2 aromatic rings. The zero-order chi connectivity index (χ0) is 17.8. The van der Waals surface area contributed by atoms with Crippen LogP contribution >= 0.6 is 0 Å². The van der Waals surface area contributed by atoms with Crippen molar-refractivity contribution in [1.82, 2.24) is 4.90 Å². The molecule has 1 aliphatic heterocycles. The Hall–Kier alpha value is -2.33. The van der Waals surface area contributed by atoms with E-state index in [-0.39, 0.29) is 0 Å². The number of fused-ring (bicyclic) bond motifs is 1. The van der Waals surface area contributed by atoms with Gasteiger partial charge in [-0.3, -0.25) is 5.32 Å². The second kappa shape index (κ2) is 7.92. The first-order valence-corrected chi connectivity index (χ1v) is 9.68. The highest BCUT2D eigenvalue weighted by Crippen LogP contribution is 2.28. The van der Waals surface area contributed by atoms with E-state index in [1.165, 1.54) is 49.9 Å². The highest BCUT2D eigenvalue weighted by Gasteiger charge is 2.24. The molecule has 1 fully saturated rings. The van der Waals surface area contributed by atoms with Gasteiger partial charge in [-0.1, -0.05) is 24.3 Å². The Bertz CT molecular complexity index is 754. The van der Waals surface area contributed by atoms with Gasteiger partial charge < -0.3 is 9.64 Å². The molecule has 1 aliphatic carbocycles. The van der Waals surface area contributed by atoms with Gasteiger partial charge in [0.25, 0.3) is 0 Å². The Kier molecular flexibility index (Phi) is 5.21. The average molecular weight is 350 g/mol. The van der Waals surface area contributed by atoms with Crippen LogP contribution in [0.3, 0.4) is 0 Å². The molecule has 0 spiro atoms. The maximum atomic E-state index is 12.1. The standard InChI is InChI=1S/C22H26N2O2/c25-22(26-21-6-2-1-3-7-21)23-19-11-8-17-9-12-20(13-10-18(17)16-19)24-14-4-5-15-24/h1-3,6-8,11,16,20H,4-5,9-10,12-15H2,(H,23,25). The summed E-state index contributed by atoms with van der Waals surface area (Å²) in [4.78, 5) is 14.8. The van der Waals surface area contributed by atoms with Gasteiger partial charge in [-0.05, 0) is 87.0 Å². The lowest BCUT2D eigenvalue weighted by atomic mass is 10.0. The number of aryl methyl sites for hydroxylation is 2. The molecule has 2 aliphatic rings. The molecule has 4 nitrogen and oxygen atoms in total. The molecule has 1 atom stereocenters. The van der Waals surface area contributed by atoms with E-state index in [2.05, 4.69) is 22.3 Å². The summed E-state index contributed by atoms with van der Waals surface area (Å²) >= 11 is 0. The van der Waals surface area contributed by atoms with Gasteiger partial charge in [0.2, 0.25) is 0 Å². The van der Waals surface area contributed by atoms with Gasteiger partial charge in [-0.25, -0.2) is 4.79 Å². The van der Waals surface area contributed by atoms with Crippen LogP contribution in [0, 0.1) is 0 Å². The first-order chi connectivity index (χ1) is 12.8. The van der Waals surface area contributed by atoms with E-state index in [0.29, 0.717) is 11.8 Å². The fourth-order valence-electron chi connectivity index (χ4n) is 4.18. The van der Waals surface area contributed by atoms with Crippen LogP contribution in [0.1, 0.15) is 36.8 Å². The summed E-state index contributed by atoms with van der Waals surface area (Å²) in [6.45, 7) is 2.53. The van der Waals surface area contributed by atoms with Crippen molar-refractivity contribution in [1.29, 1.82) is 0 Å². The predicted molar refractivity (Wildman–Crippen MR) is 104 cm³/mol. The molecule has 26 heavy (non-hydrogen) atoms. The third-order valence-electron chi connectivity index (χ3n) is 5.56. The van der Waals surface area contributed by atoms with Gasteiger partial charge in [0, 0.05) is 11.7 Å². The number of carbonyl (C=O) groups excluding carboxylic acids is 1. The summed E-state index contributed by atoms with van der Waals surface area (Å²) in [6, 6.07) is 16.1. The molecule has 4 rings (SSSR count). The summed E-state index contributed by atoms with van der Waals surface area (Å²) in [7, 11) is 0. The Balaban J connectivity index is 1.39. The van der Waals surface area contributed by atoms with Crippen molar-refractivity contribution in [3.05, 3.63) is 59.7 Å². The van der Waals surface area contributed by atoms with Crippen molar-refractivity contribution in [3.8, 4) is 5.75 Å². The van der Waals surface area contributed by atoms with Crippen LogP contribution in [-0.4, -0.2) is 30.1 Å². The summed E-state index contributed by atoms with van der Waals surface area (Å²) in [5.74, 6) is 0.549. The first-order valence-electron chi connectivity index (χ1n) is 9.68. The van der Waals surface area contributed by atoms with Crippen molar-refractivity contribution < 1.29 is 9.53 Å². The molecule has 4 heteroatoms. The van der Waals surface area contributed by atoms with Crippen LogP contribution in [0.2, 0.25) is 0 Å². The molecule has 1 heterocycles. The second-order valence-corrected chi connectivity index (χ2v) is 7.29. The topological polar surface area (TPSA) is 41.6 Å². The van der Waals surface area contributed by atoms with Crippen LogP contribution in [0.5, 0.6) is 5.75 Å². The molecule has 1 saturated heterocycles. The highest BCUT2D eigenvalue weighted by atomic mass is 16.6. The van der Waals surface area contributed by atoms with E-state index < -0.39 is 6.09 Å². The number of rotatable bonds is 3. The number of amides is 1. The maximum Gasteiger partial charge on any atom is 0.417 e. The number of ether oxygens (including phenoxy) is 1. The van der Waals surface area contributed by atoms with Crippen LogP contribution in [-0.2, 0) is 12.8 Å². The fraction of sp³-hybridized carbons (Fsp3) is 0.409. The summed E-state index contributed by atoms with van der Waals surface area (Å²) < 4.78 is 5.31. The van der Waals surface area contributed by atoms with Crippen LogP contribution in [0.4, 0.5) is 10.5 Å². The van der Waals surface area contributed by atoms with Gasteiger partial charge in [-0.15, -0.1) is 0 Å². The van der Waals surface area contributed by atoms with Crippen molar-refractivity contribution in [2.75, 3.05) is 18.4 Å². The van der Waals surface area contributed by atoms with Gasteiger partial charge in [0.15, 0.2) is 0 Å². The van der Waals surface area contributed by atoms with Gasteiger partial charge in [0.05, 0.1) is 0 Å². The molecule has 1 unspecified atom stereocenters. The average Bonchev–Trinajstić information content (AvgIpc) is 3.10. The number of hydrogen-bond donors (Lipinski definition) is 1. The molecule has 1 N–H and O–H groups in total. The van der Waals surface area contributed by atoms with Gasteiger partial charge in [0.1, 0.15) is 5.75 Å². The third-order valence-corrected chi connectivity index (χ3v) is 5.56.